The van der Waals surface area contributed by atoms with Crippen LogP contribution in [0.15, 0.2) is 74.7 Å². The zero-order valence-electron chi connectivity index (χ0n) is 16.2. The number of esters is 1. The van der Waals surface area contributed by atoms with E-state index in [1.165, 1.54) is 6.21 Å². The Hall–Kier alpha value is -2.39. The van der Waals surface area contributed by atoms with Gasteiger partial charge in [0.2, 0.25) is 0 Å². The minimum absolute atomic E-state index is 0.235. The number of halogens is 4. The van der Waals surface area contributed by atoms with Crippen molar-refractivity contribution in [3.8, 4) is 11.5 Å². The summed E-state index contributed by atoms with van der Waals surface area (Å²) in [4.78, 5) is 24.5. The number of carbonyl (C=O) groups is 2. The van der Waals surface area contributed by atoms with E-state index >= 15 is 0 Å². The fourth-order valence-corrected chi connectivity index (χ4v) is 3.83. The van der Waals surface area contributed by atoms with E-state index < -0.39 is 11.9 Å². The van der Waals surface area contributed by atoms with Crippen LogP contribution in [0.5, 0.6) is 11.5 Å². The highest BCUT2D eigenvalue weighted by Crippen LogP contribution is 2.28. The van der Waals surface area contributed by atoms with Crippen LogP contribution in [-0.4, -0.2) is 24.7 Å². The molecule has 32 heavy (non-hydrogen) atoms. The lowest BCUT2D eigenvalue weighted by Crippen LogP contribution is -2.24. The molecule has 0 heterocycles. The first kappa shape index (κ1) is 24.3. The molecule has 0 atom stereocenters. The van der Waals surface area contributed by atoms with Crippen molar-refractivity contribution in [1.29, 1.82) is 0 Å². The SMILES string of the molecule is O=C(COc1ccc(Cl)cc1Br)NN=Cc1cc(Br)ccc1OC(=O)c1ccccc1Cl. The lowest BCUT2D eigenvalue weighted by Gasteiger charge is -2.09. The molecule has 0 aliphatic rings. The van der Waals surface area contributed by atoms with Gasteiger partial charge in [-0.05, 0) is 64.5 Å². The number of rotatable bonds is 7. The van der Waals surface area contributed by atoms with Gasteiger partial charge in [0, 0.05) is 15.1 Å². The number of benzene rings is 3. The highest BCUT2D eigenvalue weighted by atomic mass is 79.9. The maximum Gasteiger partial charge on any atom is 0.345 e. The first-order valence-corrected chi connectivity index (χ1v) is 11.3. The second-order valence-corrected chi connectivity index (χ2v) is 8.82. The van der Waals surface area contributed by atoms with Crippen LogP contribution >= 0.6 is 55.1 Å². The van der Waals surface area contributed by atoms with Crippen molar-refractivity contribution in [1.82, 2.24) is 5.43 Å². The van der Waals surface area contributed by atoms with Gasteiger partial charge in [0.25, 0.3) is 5.91 Å². The summed E-state index contributed by atoms with van der Waals surface area (Å²) in [5, 5.41) is 4.74. The highest BCUT2D eigenvalue weighted by Gasteiger charge is 2.14. The lowest BCUT2D eigenvalue weighted by atomic mass is 10.2. The molecule has 1 amide bonds. The van der Waals surface area contributed by atoms with E-state index in [9.17, 15) is 9.59 Å². The Morgan fingerprint density at radius 3 is 2.50 bits per heavy atom. The van der Waals surface area contributed by atoms with Gasteiger partial charge in [0.15, 0.2) is 6.61 Å². The van der Waals surface area contributed by atoms with E-state index in [0.717, 1.165) is 4.47 Å². The van der Waals surface area contributed by atoms with Crippen LogP contribution in [0.1, 0.15) is 15.9 Å². The Labute approximate surface area is 210 Å². The van der Waals surface area contributed by atoms with Crippen molar-refractivity contribution < 1.29 is 19.1 Å². The largest absolute Gasteiger partial charge is 0.483 e. The van der Waals surface area contributed by atoms with Crippen molar-refractivity contribution in [2.45, 2.75) is 0 Å². The summed E-state index contributed by atoms with van der Waals surface area (Å²) in [5.41, 5.74) is 3.05. The molecule has 0 aromatic heterocycles. The molecule has 10 heteroatoms. The standard InChI is InChI=1S/C22H14Br2Cl2N2O4/c23-14-5-7-19(32-22(30)16-3-1-2-4-18(16)26)13(9-14)11-27-28-21(29)12-31-20-8-6-15(25)10-17(20)24/h1-11H,12H2,(H,28,29). The van der Waals surface area contributed by atoms with Gasteiger partial charge < -0.3 is 9.47 Å². The zero-order valence-corrected chi connectivity index (χ0v) is 20.8. The molecule has 0 fully saturated rings. The molecular formula is C22H14Br2Cl2N2O4. The summed E-state index contributed by atoms with van der Waals surface area (Å²) in [7, 11) is 0. The molecule has 6 nitrogen and oxygen atoms in total. The average Bonchev–Trinajstić information content (AvgIpc) is 2.75. The molecule has 1 N–H and O–H groups in total. The normalized spacial score (nSPS) is 10.8. The number of hydrogen-bond donors (Lipinski definition) is 1. The molecule has 0 saturated heterocycles. The van der Waals surface area contributed by atoms with Crippen molar-refractivity contribution >= 4 is 73.2 Å². The Morgan fingerprint density at radius 1 is 1.00 bits per heavy atom. The number of nitrogens with one attached hydrogen (secondary N) is 1. The van der Waals surface area contributed by atoms with Crippen molar-refractivity contribution in [3.63, 3.8) is 0 Å². The van der Waals surface area contributed by atoms with Crippen LogP contribution in [0.3, 0.4) is 0 Å². The van der Waals surface area contributed by atoms with Gasteiger partial charge in [0.1, 0.15) is 11.5 Å². The molecule has 0 unspecified atom stereocenters. The summed E-state index contributed by atoms with van der Waals surface area (Å²) in [5.74, 6) is -0.377. The monoisotopic (exact) mass is 598 g/mol. The lowest BCUT2D eigenvalue weighted by molar-refractivity contribution is -0.123. The molecule has 0 radical (unpaired) electrons. The van der Waals surface area contributed by atoms with E-state index in [1.807, 2.05) is 0 Å². The van der Waals surface area contributed by atoms with Gasteiger partial charge in [-0.3, -0.25) is 4.79 Å². The van der Waals surface area contributed by atoms with Gasteiger partial charge in [-0.15, -0.1) is 0 Å². The van der Waals surface area contributed by atoms with Crippen LogP contribution in [-0.2, 0) is 4.79 Å². The molecular weight excluding hydrogens is 587 g/mol. The first-order chi connectivity index (χ1) is 15.3. The fraction of sp³-hybridized carbons (Fsp3) is 0.0455. The highest BCUT2D eigenvalue weighted by molar-refractivity contribution is 9.10. The quantitative estimate of drug-likeness (QED) is 0.150. The van der Waals surface area contributed by atoms with Gasteiger partial charge in [0.05, 0.1) is 21.3 Å². The molecule has 0 spiro atoms. The molecule has 0 saturated carbocycles. The minimum Gasteiger partial charge on any atom is -0.483 e. The summed E-state index contributed by atoms with van der Waals surface area (Å²) in [6.07, 6.45) is 1.36. The molecule has 3 rings (SSSR count). The van der Waals surface area contributed by atoms with Crippen LogP contribution in [0, 0.1) is 0 Å². The first-order valence-electron chi connectivity index (χ1n) is 8.99. The minimum atomic E-state index is -0.612. The Kier molecular flexibility index (Phi) is 8.69. The summed E-state index contributed by atoms with van der Waals surface area (Å²) in [6.45, 7) is -0.260. The van der Waals surface area contributed by atoms with E-state index in [0.29, 0.717) is 20.8 Å². The van der Waals surface area contributed by atoms with Gasteiger partial charge in [-0.2, -0.15) is 5.10 Å². The smallest absolute Gasteiger partial charge is 0.345 e. The van der Waals surface area contributed by atoms with Crippen molar-refractivity contribution in [3.05, 3.63) is 90.8 Å². The van der Waals surface area contributed by atoms with E-state index in [2.05, 4.69) is 42.4 Å². The van der Waals surface area contributed by atoms with Crippen LogP contribution in [0.25, 0.3) is 0 Å². The van der Waals surface area contributed by atoms with Crippen LogP contribution in [0.4, 0.5) is 0 Å². The average molecular weight is 601 g/mol. The summed E-state index contributed by atoms with van der Waals surface area (Å²) >= 11 is 18.6. The number of amides is 1. The molecule has 164 valence electrons. The third-order valence-electron chi connectivity index (χ3n) is 3.91. The second-order valence-electron chi connectivity index (χ2n) is 6.21. The van der Waals surface area contributed by atoms with Gasteiger partial charge in [-0.1, -0.05) is 51.3 Å². The third kappa shape index (κ3) is 6.80. The number of hydrazone groups is 1. The van der Waals surface area contributed by atoms with Crippen LogP contribution in [0.2, 0.25) is 10.0 Å². The summed E-state index contributed by atoms with van der Waals surface area (Å²) in [6, 6.07) is 16.5. The molecule has 3 aromatic rings. The molecule has 0 bridgehead atoms. The molecule has 0 aliphatic carbocycles. The number of carbonyl (C=O) groups excluding carboxylic acids is 2. The maximum absolute atomic E-state index is 12.5. The Morgan fingerprint density at radius 2 is 1.75 bits per heavy atom. The van der Waals surface area contributed by atoms with Crippen LogP contribution < -0.4 is 14.9 Å². The molecule has 0 aliphatic heterocycles. The number of ether oxygens (including phenoxy) is 2. The topological polar surface area (TPSA) is 77.0 Å². The Balaban J connectivity index is 1.63. The number of nitrogens with zero attached hydrogens (tertiary/aromatic N) is 1. The van der Waals surface area contributed by atoms with Crippen molar-refractivity contribution in [2.24, 2.45) is 5.10 Å². The van der Waals surface area contributed by atoms with E-state index in [1.54, 1.807) is 60.7 Å². The van der Waals surface area contributed by atoms with E-state index in [4.69, 9.17) is 32.7 Å². The van der Waals surface area contributed by atoms with E-state index in [-0.39, 0.29) is 22.9 Å². The second kappa shape index (κ2) is 11.5. The van der Waals surface area contributed by atoms with Gasteiger partial charge >= 0.3 is 5.97 Å². The third-order valence-corrected chi connectivity index (χ3v) is 5.59. The zero-order chi connectivity index (χ0) is 23.1. The maximum atomic E-state index is 12.5. The van der Waals surface area contributed by atoms with Crippen molar-refractivity contribution in [2.75, 3.05) is 6.61 Å². The van der Waals surface area contributed by atoms with Gasteiger partial charge in [-0.25, -0.2) is 10.2 Å². The summed E-state index contributed by atoms with van der Waals surface area (Å²) < 4.78 is 12.3. The predicted molar refractivity (Wildman–Crippen MR) is 131 cm³/mol. The Bertz CT molecular complexity index is 1190. The predicted octanol–water partition coefficient (Wildman–Crippen LogP) is 6.27. The molecule has 3 aromatic carbocycles. The fourth-order valence-electron chi connectivity index (χ4n) is 2.44. The number of hydrogen-bond acceptors (Lipinski definition) is 5.